The van der Waals surface area contributed by atoms with Crippen LogP contribution in [0.15, 0.2) is 36.4 Å². The molecule has 1 heterocycles. The SMILES string of the molecule is CNc1ccc2c(c1)CN(c1ccc(C)c(C)c1)C2. The Hall–Kier alpha value is -1.96. The molecule has 2 aromatic carbocycles. The smallest absolute Gasteiger partial charge is 0.0437 e. The van der Waals surface area contributed by atoms with E-state index in [2.05, 4.69) is 60.5 Å². The van der Waals surface area contributed by atoms with Crippen LogP contribution in [0.2, 0.25) is 0 Å². The van der Waals surface area contributed by atoms with Gasteiger partial charge in [0.05, 0.1) is 0 Å². The first kappa shape index (κ1) is 12.1. The summed E-state index contributed by atoms with van der Waals surface area (Å²) >= 11 is 0. The van der Waals surface area contributed by atoms with E-state index in [1.54, 1.807) is 0 Å². The summed E-state index contributed by atoms with van der Waals surface area (Å²) < 4.78 is 0. The van der Waals surface area contributed by atoms with Gasteiger partial charge >= 0.3 is 0 Å². The molecule has 2 nitrogen and oxygen atoms in total. The van der Waals surface area contributed by atoms with Crippen LogP contribution in [0.25, 0.3) is 0 Å². The van der Waals surface area contributed by atoms with Gasteiger partial charge in [0.15, 0.2) is 0 Å². The van der Waals surface area contributed by atoms with Crippen LogP contribution in [0.3, 0.4) is 0 Å². The Morgan fingerprint density at radius 1 is 0.895 bits per heavy atom. The molecule has 98 valence electrons. The third-order valence-electron chi connectivity index (χ3n) is 4.07. The first-order chi connectivity index (χ1) is 9.17. The van der Waals surface area contributed by atoms with E-state index in [1.165, 1.54) is 33.6 Å². The normalized spacial score (nSPS) is 13.5. The summed E-state index contributed by atoms with van der Waals surface area (Å²) in [5.74, 6) is 0. The third kappa shape index (κ3) is 2.19. The minimum absolute atomic E-state index is 1.01. The van der Waals surface area contributed by atoms with Gasteiger partial charge in [-0.05, 0) is 60.4 Å². The van der Waals surface area contributed by atoms with Gasteiger partial charge in [0.2, 0.25) is 0 Å². The van der Waals surface area contributed by atoms with Crippen molar-refractivity contribution >= 4 is 11.4 Å². The van der Waals surface area contributed by atoms with Crippen molar-refractivity contribution in [2.75, 3.05) is 17.3 Å². The zero-order valence-electron chi connectivity index (χ0n) is 11.8. The number of nitrogens with zero attached hydrogens (tertiary/aromatic N) is 1. The number of hydrogen-bond donors (Lipinski definition) is 1. The summed E-state index contributed by atoms with van der Waals surface area (Å²) in [6, 6.07) is 13.4. The molecule has 2 heteroatoms. The van der Waals surface area contributed by atoms with Crippen LogP contribution in [0.5, 0.6) is 0 Å². The molecule has 0 saturated heterocycles. The molecule has 2 aromatic rings. The van der Waals surface area contributed by atoms with Gasteiger partial charge in [-0.2, -0.15) is 0 Å². The molecule has 1 N–H and O–H groups in total. The van der Waals surface area contributed by atoms with Crippen molar-refractivity contribution in [3.05, 3.63) is 58.7 Å². The Morgan fingerprint density at radius 2 is 1.68 bits per heavy atom. The van der Waals surface area contributed by atoms with Crippen LogP contribution < -0.4 is 10.2 Å². The number of nitrogens with one attached hydrogen (secondary N) is 1. The second kappa shape index (κ2) is 4.61. The lowest BCUT2D eigenvalue weighted by Crippen LogP contribution is -2.14. The molecule has 0 saturated carbocycles. The maximum atomic E-state index is 3.21. The summed E-state index contributed by atoms with van der Waals surface area (Å²) in [5.41, 5.74) is 8.12. The molecule has 0 bridgehead atoms. The molecule has 0 radical (unpaired) electrons. The maximum absolute atomic E-state index is 3.21. The zero-order chi connectivity index (χ0) is 13.4. The lowest BCUT2D eigenvalue weighted by molar-refractivity contribution is 0.879. The molecule has 3 rings (SSSR count). The molecule has 0 spiro atoms. The maximum Gasteiger partial charge on any atom is 0.0437 e. The fraction of sp³-hybridized carbons (Fsp3) is 0.294. The highest BCUT2D eigenvalue weighted by atomic mass is 15.1. The second-order valence-electron chi connectivity index (χ2n) is 5.36. The molecule has 1 aliphatic rings. The Labute approximate surface area is 115 Å². The molecule has 0 atom stereocenters. The summed E-state index contributed by atoms with van der Waals surface area (Å²) in [4.78, 5) is 2.44. The summed E-state index contributed by atoms with van der Waals surface area (Å²) in [6.45, 7) is 6.37. The summed E-state index contributed by atoms with van der Waals surface area (Å²) in [5, 5.41) is 3.21. The van der Waals surface area contributed by atoms with Crippen molar-refractivity contribution < 1.29 is 0 Å². The molecule has 1 aliphatic heterocycles. The average molecular weight is 252 g/mol. The summed E-state index contributed by atoms with van der Waals surface area (Å²) in [7, 11) is 1.97. The van der Waals surface area contributed by atoms with Crippen molar-refractivity contribution in [1.29, 1.82) is 0 Å². The van der Waals surface area contributed by atoms with E-state index in [9.17, 15) is 0 Å². The number of rotatable bonds is 2. The Balaban J connectivity index is 1.88. The van der Waals surface area contributed by atoms with Crippen LogP contribution in [0, 0.1) is 13.8 Å². The molecular weight excluding hydrogens is 232 g/mol. The van der Waals surface area contributed by atoms with E-state index in [0.29, 0.717) is 0 Å². The number of benzene rings is 2. The molecule has 0 amide bonds. The van der Waals surface area contributed by atoms with E-state index in [1.807, 2.05) is 7.05 Å². The molecule has 0 aliphatic carbocycles. The predicted molar refractivity (Wildman–Crippen MR) is 81.8 cm³/mol. The highest BCUT2D eigenvalue weighted by Crippen LogP contribution is 2.30. The van der Waals surface area contributed by atoms with Crippen molar-refractivity contribution in [2.45, 2.75) is 26.9 Å². The predicted octanol–water partition coefficient (Wildman–Crippen LogP) is 3.87. The lowest BCUT2D eigenvalue weighted by Gasteiger charge is -2.18. The Kier molecular flexibility index (Phi) is 2.94. The number of aryl methyl sites for hydroxylation is 2. The zero-order valence-corrected chi connectivity index (χ0v) is 11.8. The van der Waals surface area contributed by atoms with Crippen LogP contribution >= 0.6 is 0 Å². The van der Waals surface area contributed by atoms with E-state index in [0.717, 1.165) is 13.1 Å². The molecular formula is C17H20N2. The van der Waals surface area contributed by atoms with Gasteiger partial charge in [-0.1, -0.05) is 12.1 Å². The molecule has 0 aromatic heterocycles. The quantitative estimate of drug-likeness (QED) is 0.873. The van der Waals surface area contributed by atoms with E-state index < -0.39 is 0 Å². The highest BCUT2D eigenvalue weighted by Gasteiger charge is 2.19. The van der Waals surface area contributed by atoms with Crippen molar-refractivity contribution in [2.24, 2.45) is 0 Å². The third-order valence-corrected chi connectivity index (χ3v) is 4.07. The fourth-order valence-corrected chi connectivity index (χ4v) is 2.65. The van der Waals surface area contributed by atoms with Crippen LogP contribution in [-0.2, 0) is 13.1 Å². The molecule has 0 unspecified atom stereocenters. The second-order valence-corrected chi connectivity index (χ2v) is 5.36. The van der Waals surface area contributed by atoms with Crippen molar-refractivity contribution in [3.63, 3.8) is 0 Å². The van der Waals surface area contributed by atoms with Gasteiger partial charge in [0, 0.05) is 31.5 Å². The van der Waals surface area contributed by atoms with E-state index in [-0.39, 0.29) is 0 Å². The number of hydrogen-bond acceptors (Lipinski definition) is 2. The van der Waals surface area contributed by atoms with Crippen molar-refractivity contribution in [1.82, 2.24) is 0 Å². The topological polar surface area (TPSA) is 15.3 Å². The largest absolute Gasteiger partial charge is 0.388 e. The monoisotopic (exact) mass is 252 g/mol. The lowest BCUT2D eigenvalue weighted by atomic mass is 10.1. The van der Waals surface area contributed by atoms with Crippen LogP contribution in [-0.4, -0.2) is 7.05 Å². The highest BCUT2D eigenvalue weighted by molar-refractivity contribution is 5.57. The first-order valence-corrected chi connectivity index (χ1v) is 6.79. The average Bonchev–Trinajstić information content (AvgIpc) is 2.84. The fourth-order valence-electron chi connectivity index (χ4n) is 2.65. The number of anilines is 2. The Bertz CT molecular complexity index is 617. The van der Waals surface area contributed by atoms with Gasteiger partial charge < -0.3 is 10.2 Å². The van der Waals surface area contributed by atoms with E-state index >= 15 is 0 Å². The van der Waals surface area contributed by atoms with Crippen molar-refractivity contribution in [3.8, 4) is 0 Å². The van der Waals surface area contributed by atoms with Gasteiger partial charge in [-0.15, -0.1) is 0 Å². The number of fused-ring (bicyclic) bond motifs is 1. The van der Waals surface area contributed by atoms with Gasteiger partial charge in [-0.25, -0.2) is 0 Å². The van der Waals surface area contributed by atoms with Gasteiger partial charge in [0.1, 0.15) is 0 Å². The minimum atomic E-state index is 1.01. The first-order valence-electron chi connectivity index (χ1n) is 6.79. The molecule has 19 heavy (non-hydrogen) atoms. The van der Waals surface area contributed by atoms with E-state index in [4.69, 9.17) is 0 Å². The standard InChI is InChI=1S/C17H20N2/c1-12-4-7-17(8-13(12)2)19-10-14-5-6-16(18-3)9-15(14)11-19/h4-9,18H,10-11H2,1-3H3. The van der Waals surface area contributed by atoms with Gasteiger partial charge in [0.25, 0.3) is 0 Å². The Morgan fingerprint density at radius 3 is 2.42 bits per heavy atom. The van der Waals surface area contributed by atoms with Crippen LogP contribution in [0.4, 0.5) is 11.4 Å². The van der Waals surface area contributed by atoms with Gasteiger partial charge in [-0.3, -0.25) is 0 Å². The minimum Gasteiger partial charge on any atom is -0.388 e. The molecule has 0 fully saturated rings. The van der Waals surface area contributed by atoms with Crippen LogP contribution in [0.1, 0.15) is 22.3 Å². The summed E-state index contributed by atoms with van der Waals surface area (Å²) in [6.07, 6.45) is 0.